The van der Waals surface area contributed by atoms with Gasteiger partial charge in [0.05, 0.1) is 0 Å². The third kappa shape index (κ3) is 4.59. The zero-order chi connectivity index (χ0) is 8.74. The van der Waals surface area contributed by atoms with E-state index in [9.17, 15) is 0 Å². The summed E-state index contributed by atoms with van der Waals surface area (Å²) in [6, 6.07) is 3.65. The van der Waals surface area contributed by atoms with Gasteiger partial charge in [0.1, 0.15) is 8.24 Å². The highest BCUT2D eigenvalue weighted by Gasteiger charge is 2.25. The predicted molar refractivity (Wildman–Crippen MR) is 54.1 cm³/mol. The van der Waals surface area contributed by atoms with Gasteiger partial charge >= 0.3 is 0 Å². The molecule has 0 spiro atoms. The molecule has 0 rings (SSSR count). The summed E-state index contributed by atoms with van der Waals surface area (Å²) in [7, 11) is -1.50. The van der Waals surface area contributed by atoms with E-state index in [1.54, 1.807) is 0 Å². The highest BCUT2D eigenvalue weighted by Crippen LogP contribution is 2.21. The van der Waals surface area contributed by atoms with Crippen LogP contribution >= 0.6 is 0 Å². The molecule has 0 fully saturated rings. The molecule has 1 radical (unpaired) electrons. The molecule has 0 aliphatic rings. The molecule has 0 aromatic rings. The first-order valence-corrected chi connectivity index (χ1v) is 7.55. The molecule has 67 valence electrons. The first-order chi connectivity index (χ1) is 5.18. The summed E-state index contributed by atoms with van der Waals surface area (Å²) in [5.74, 6) is 0. The van der Waals surface area contributed by atoms with E-state index < -0.39 is 8.24 Å². The van der Waals surface area contributed by atoms with Crippen molar-refractivity contribution in [1.82, 2.24) is 5.40 Å². The highest BCUT2D eigenvalue weighted by molar-refractivity contribution is 6.76. The van der Waals surface area contributed by atoms with Gasteiger partial charge in [0, 0.05) is 0 Å². The van der Waals surface area contributed by atoms with E-state index >= 15 is 0 Å². The third-order valence-corrected chi connectivity index (χ3v) is 6.56. The van der Waals surface area contributed by atoms with Crippen molar-refractivity contribution < 1.29 is 0 Å². The molecule has 0 amide bonds. The van der Waals surface area contributed by atoms with E-state index in [0.29, 0.717) is 0 Å². The van der Waals surface area contributed by atoms with Gasteiger partial charge < -0.3 is 0 Å². The molecule has 11 heavy (non-hydrogen) atoms. The third-order valence-electron chi connectivity index (χ3n) is 2.19. The zero-order valence-electron chi connectivity index (χ0n) is 8.24. The Morgan fingerprint density at radius 3 is 1.27 bits per heavy atom. The fourth-order valence-corrected chi connectivity index (χ4v) is 5.43. The number of hydrogen-bond donors (Lipinski definition) is 0. The summed E-state index contributed by atoms with van der Waals surface area (Å²) in [5.41, 5.74) is 0. The van der Waals surface area contributed by atoms with Gasteiger partial charge in [-0.1, -0.05) is 40.0 Å². The van der Waals surface area contributed by atoms with Crippen LogP contribution in [0.15, 0.2) is 0 Å². The molecular weight excluding hydrogens is 150 g/mol. The monoisotopic (exact) mass is 172 g/mol. The second kappa shape index (κ2) is 5.78. The van der Waals surface area contributed by atoms with Crippen LogP contribution in [-0.4, -0.2) is 8.24 Å². The van der Waals surface area contributed by atoms with Crippen molar-refractivity contribution in [3.63, 3.8) is 0 Å². The standard InChI is InChI=1S/C9H22NSi/c1-4-7-11(10,8-5-2)9-6-3/h10H,4-9H2,1-3H3. The number of nitrogens with one attached hydrogen (secondary N) is 1. The van der Waals surface area contributed by atoms with E-state index in [0.717, 1.165) is 0 Å². The largest absolute Gasteiger partial charge is 0.285 e. The van der Waals surface area contributed by atoms with Crippen molar-refractivity contribution in [1.29, 1.82) is 0 Å². The molecule has 2 heteroatoms. The van der Waals surface area contributed by atoms with E-state index in [4.69, 9.17) is 5.40 Å². The minimum Gasteiger partial charge on any atom is -0.285 e. The first-order valence-electron chi connectivity index (χ1n) is 4.93. The molecule has 0 unspecified atom stereocenters. The Kier molecular flexibility index (Phi) is 5.87. The predicted octanol–water partition coefficient (Wildman–Crippen LogP) is 3.44. The molecule has 0 heterocycles. The van der Waals surface area contributed by atoms with Crippen LogP contribution in [0.3, 0.4) is 0 Å². The van der Waals surface area contributed by atoms with Crippen LogP contribution < -0.4 is 5.40 Å². The van der Waals surface area contributed by atoms with Crippen LogP contribution in [0.4, 0.5) is 0 Å². The van der Waals surface area contributed by atoms with E-state index in [1.165, 1.54) is 37.4 Å². The molecule has 0 aliphatic carbocycles. The van der Waals surface area contributed by atoms with Crippen molar-refractivity contribution in [2.24, 2.45) is 0 Å². The lowest BCUT2D eigenvalue weighted by Crippen LogP contribution is -2.35. The maximum atomic E-state index is 8.26. The first kappa shape index (κ1) is 11.2. The van der Waals surface area contributed by atoms with E-state index in [1.807, 2.05) is 0 Å². The summed E-state index contributed by atoms with van der Waals surface area (Å²) >= 11 is 0. The van der Waals surface area contributed by atoms with Gasteiger partial charge in [-0.05, 0) is 18.1 Å². The Labute approximate surface area is 72.5 Å². The molecule has 0 saturated carbocycles. The Hall–Kier alpha value is 0.177. The topological polar surface area (TPSA) is 23.8 Å². The van der Waals surface area contributed by atoms with Gasteiger partial charge in [0.2, 0.25) is 0 Å². The Morgan fingerprint density at radius 2 is 1.09 bits per heavy atom. The Balaban J connectivity index is 3.79. The fraction of sp³-hybridized carbons (Fsp3) is 1.00. The quantitative estimate of drug-likeness (QED) is 0.548. The summed E-state index contributed by atoms with van der Waals surface area (Å²) in [6.07, 6.45) is 3.65. The van der Waals surface area contributed by atoms with Crippen LogP contribution in [0.25, 0.3) is 0 Å². The average Bonchev–Trinajstić information content (AvgIpc) is 1.88. The van der Waals surface area contributed by atoms with Gasteiger partial charge in [-0.25, -0.2) is 0 Å². The molecule has 0 saturated heterocycles. The number of rotatable bonds is 6. The van der Waals surface area contributed by atoms with Crippen molar-refractivity contribution in [3.05, 3.63) is 0 Å². The second-order valence-corrected chi connectivity index (χ2v) is 7.59. The molecule has 0 aromatic heterocycles. The lowest BCUT2D eigenvalue weighted by Gasteiger charge is -2.23. The minimum atomic E-state index is -1.50. The summed E-state index contributed by atoms with van der Waals surface area (Å²) < 4.78 is 0. The van der Waals surface area contributed by atoms with Gasteiger partial charge in [0.25, 0.3) is 0 Å². The van der Waals surface area contributed by atoms with Crippen molar-refractivity contribution in [2.45, 2.75) is 58.2 Å². The molecule has 1 nitrogen and oxygen atoms in total. The van der Waals surface area contributed by atoms with E-state index in [2.05, 4.69) is 20.8 Å². The normalized spacial score (nSPS) is 12.0. The molecule has 0 aromatic carbocycles. The minimum absolute atomic E-state index is 1.22. The van der Waals surface area contributed by atoms with Crippen molar-refractivity contribution in [3.8, 4) is 0 Å². The van der Waals surface area contributed by atoms with Crippen LogP contribution in [0.2, 0.25) is 18.1 Å². The SMILES string of the molecule is CCC[Si]([NH])(CCC)CCC. The smallest absolute Gasteiger partial charge is 0.140 e. The summed E-state index contributed by atoms with van der Waals surface area (Å²) in [5, 5.41) is 8.26. The maximum Gasteiger partial charge on any atom is 0.140 e. The zero-order valence-corrected chi connectivity index (χ0v) is 9.24. The molecule has 0 bridgehead atoms. The fourth-order valence-electron chi connectivity index (χ4n) is 1.81. The van der Waals surface area contributed by atoms with Gasteiger partial charge in [-0.15, -0.1) is 0 Å². The Morgan fingerprint density at radius 1 is 0.818 bits per heavy atom. The molecular formula is C9H22NSi. The average molecular weight is 172 g/mol. The molecule has 1 N–H and O–H groups in total. The molecule has 0 aliphatic heterocycles. The number of hydrogen-bond acceptors (Lipinski definition) is 0. The van der Waals surface area contributed by atoms with Crippen LogP contribution in [-0.2, 0) is 0 Å². The van der Waals surface area contributed by atoms with Crippen LogP contribution in [0.5, 0.6) is 0 Å². The molecule has 0 atom stereocenters. The van der Waals surface area contributed by atoms with Crippen molar-refractivity contribution in [2.75, 3.05) is 0 Å². The van der Waals surface area contributed by atoms with Gasteiger partial charge in [-0.3, -0.25) is 5.40 Å². The summed E-state index contributed by atoms with van der Waals surface area (Å²) in [4.78, 5) is 0. The van der Waals surface area contributed by atoms with E-state index in [-0.39, 0.29) is 0 Å². The lowest BCUT2D eigenvalue weighted by molar-refractivity contribution is 0.912. The second-order valence-electron chi connectivity index (χ2n) is 3.53. The van der Waals surface area contributed by atoms with Gasteiger partial charge in [-0.2, -0.15) is 0 Å². The highest BCUT2D eigenvalue weighted by atomic mass is 28.3. The lowest BCUT2D eigenvalue weighted by atomic mass is 10.6. The van der Waals surface area contributed by atoms with Crippen LogP contribution in [0, 0.1) is 0 Å². The Bertz CT molecular complexity index is 76.5. The van der Waals surface area contributed by atoms with Crippen LogP contribution in [0.1, 0.15) is 40.0 Å². The van der Waals surface area contributed by atoms with Gasteiger partial charge in [0.15, 0.2) is 0 Å². The maximum absolute atomic E-state index is 8.26. The summed E-state index contributed by atoms with van der Waals surface area (Å²) in [6.45, 7) is 6.63. The van der Waals surface area contributed by atoms with Crippen molar-refractivity contribution >= 4 is 8.24 Å².